The zero-order chi connectivity index (χ0) is 21.1. The minimum absolute atomic E-state index is 0.0214. The fourth-order valence-electron chi connectivity index (χ4n) is 3.66. The second-order valence-corrected chi connectivity index (χ2v) is 8.32. The number of amides is 1. The van der Waals surface area contributed by atoms with Gasteiger partial charge in [0.1, 0.15) is 0 Å². The van der Waals surface area contributed by atoms with Gasteiger partial charge in [0.15, 0.2) is 5.82 Å². The van der Waals surface area contributed by atoms with Crippen molar-refractivity contribution in [1.29, 1.82) is 0 Å². The van der Waals surface area contributed by atoms with Crippen molar-refractivity contribution in [2.45, 2.75) is 33.2 Å². The number of rotatable bonds is 5. The van der Waals surface area contributed by atoms with Crippen LogP contribution in [0.15, 0.2) is 47.0 Å². The average molecular weight is 425 g/mol. The number of aromatic nitrogens is 2. The van der Waals surface area contributed by atoms with Gasteiger partial charge in [-0.1, -0.05) is 40.5 Å². The molecule has 0 radical (unpaired) electrons. The minimum atomic E-state index is -0.0812. The molecular weight excluding hydrogens is 400 g/mol. The van der Waals surface area contributed by atoms with Crippen LogP contribution in [0.25, 0.3) is 11.5 Å². The van der Waals surface area contributed by atoms with Crippen molar-refractivity contribution in [3.63, 3.8) is 0 Å². The van der Waals surface area contributed by atoms with E-state index < -0.39 is 0 Å². The van der Waals surface area contributed by atoms with Crippen LogP contribution >= 0.6 is 11.6 Å². The van der Waals surface area contributed by atoms with Gasteiger partial charge in [-0.15, -0.1) is 0 Å². The molecule has 1 aromatic heterocycles. The van der Waals surface area contributed by atoms with Gasteiger partial charge in [-0.05, 0) is 63.1 Å². The largest absolute Gasteiger partial charge is 0.334 e. The van der Waals surface area contributed by atoms with E-state index in [0.717, 1.165) is 36.2 Å². The molecule has 6 nitrogen and oxygen atoms in total. The van der Waals surface area contributed by atoms with Crippen LogP contribution in [-0.4, -0.2) is 34.0 Å². The van der Waals surface area contributed by atoms with E-state index in [-0.39, 0.29) is 11.8 Å². The number of anilines is 1. The third-order valence-corrected chi connectivity index (χ3v) is 5.85. The van der Waals surface area contributed by atoms with Gasteiger partial charge in [0.25, 0.3) is 5.89 Å². The molecule has 1 atom stereocenters. The molecule has 30 heavy (non-hydrogen) atoms. The molecule has 1 aliphatic heterocycles. The smallest absolute Gasteiger partial charge is 0.257 e. The number of nitrogens with one attached hydrogen (secondary N) is 1. The summed E-state index contributed by atoms with van der Waals surface area (Å²) in [6, 6.07) is 13.6. The van der Waals surface area contributed by atoms with Gasteiger partial charge in [0.2, 0.25) is 5.91 Å². The lowest BCUT2D eigenvalue weighted by molar-refractivity contribution is -0.121. The lowest BCUT2D eigenvalue weighted by Crippen LogP contribution is -2.40. The van der Waals surface area contributed by atoms with E-state index in [1.807, 2.05) is 50.2 Å². The fraction of sp³-hybridized carbons (Fsp3) is 0.348. The van der Waals surface area contributed by atoms with Crippen molar-refractivity contribution in [2.75, 3.05) is 18.4 Å². The first-order valence-corrected chi connectivity index (χ1v) is 10.5. The van der Waals surface area contributed by atoms with Crippen LogP contribution in [0.5, 0.6) is 0 Å². The Balaban J connectivity index is 1.36. The molecule has 3 aromatic rings. The number of nitrogens with zero attached hydrogens (tertiary/aromatic N) is 3. The van der Waals surface area contributed by atoms with Gasteiger partial charge in [0.05, 0.1) is 12.5 Å². The number of carbonyl (C=O) groups is 1. The number of hydrogen-bond donors (Lipinski definition) is 1. The Morgan fingerprint density at radius 1 is 1.23 bits per heavy atom. The predicted octanol–water partition coefficient (Wildman–Crippen LogP) is 4.86. The maximum atomic E-state index is 12.7. The summed E-state index contributed by atoms with van der Waals surface area (Å²) in [5, 5.41) is 7.77. The molecule has 1 unspecified atom stereocenters. The summed E-state index contributed by atoms with van der Waals surface area (Å²) in [5.74, 6) is 1.10. The molecule has 156 valence electrons. The van der Waals surface area contributed by atoms with Crippen LogP contribution in [0.4, 0.5) is 5.69 Å². The van der Waals surface area contributed by atoms with E-state index >= 15 is 0 Å². The Kier molecular flexibility index (Phi) is 6.16. The van der Waals surface area contributed by atoms with Crippen LogP contribution < -0.4 is 5.32 Å². The monoisotopic (exact) mass is 424 g/mol. The van der Waals surface area contributed by atoms with Crippen molar-refractivity contribution in [2.24, 2.45) is 5.92 Å². The van der Waals surface area contributed by atoms with Crippen LogP contribution in [-0.2, 0) is 11.3 Å². The summed E-state index contributed by atoms with van der Waals surface area (Å²) >= 11 is 6.17. The molecular formula is C23H25ClN4O2. The molecule has 1 fully saturated rings. The third-order valence-electron chi connectivity index (χ3n) is 5.45. The number of likely N-dealkylation sites (tertiary alicyclic amines) is 1. The SMILES string of the molecule is Cc1ccc(-c2nc(CN3CCCC(C(=O)Nc4ccc(C)c(Cl)c4)C3)no2)cc1. The van der Waals surface area contributed by atoms with Crippen LogP contribution in [0.1, 0.15) is 29.8 Å². The zero-order valence-corrected chi connectivity index (χ0v) is 17.9. The number of carbonyl (C=O) groups excluding carboxylic acids is 1. The van der Waals surface area contributed by atoms with Crippen molar-refractivity contribution in [1.82, 2.24) is 15.0 Å². The Morgan fingerprint density at radius 3 is 2.80 bits per heavy atom. The number of halogens is 1. The van der Waals surface area contributed by atoms with Gasteiger partial charge in [0, 0.05) is 22.8 Å². The summed E-state index contributed by atoms with van der Waals surface area (Å²) < 4.78 is 5.43. The third kappa shape index (κ3) is 4.89. The Bertz CT molecular complexity index is 1030. The molecule has 1 N–H and O–H groups in total. The molecule has 1 aliphatic rings. The molecule has 1 saturated heterocycles. The maximum Gasteiger partial charge on any atom is 0.257 e. The predicted molar refractivity (Wildman–Crippen MR) is 117 cm³/mol. The normalized spacial score (nSPS) is 17.1. The van der Waals surface area contributed by atoms with Crippen molar-refractivity contribution >= 4 is 23.2 Å². The fourth-order valence-corrected chi connectivity index (χ4v) is 3.84. The van der Waals surface area contributed by atoms with Gasteiger partial charge in [-0.3, -0.25) is 9.69 Å². The highest BCUT2D eigenvalue weighted by atomic mass is 35.5. The van der Waals surface area contributed by atoms with E-state index in [2.05, 4.69) is 20.4 Å². The summed E-state index contributed by atoms with van der Waals surface area (Å²) in [6.07, 6.45) is 1.82. The Morgan fingerprint density at radius 2 is 2.03 bits per heavy atom. The lowest BCUT2D eigenvalue weighted by atomic mass is 9.97. The number of piperidine rings is 1. The molecule has 0 aliphatic carbocycles. The topological polar surface area (TPSA) is 71.3 Å². The quantitative estimate of drug-likeness (QED) is 0.633. The van der Waals surface area contributed by atoms with Gasteiger partial charge < -0.3 is 9.84 Å². The van der Waals surface area contributed by atoms with E-state index in [0.29, 0.717) is 29.8 Å². The van der Waals surface area contributed by atoms with Crippen molar-refractivity contribution in [3.8, 4) is 11.5 Å². The molecule has 0 bridgehead atoms. The van der Waals surface area contributed by atoms with Crippen molar-refractivity contribution < 1.29 is 9.32 Å². The first-order chi connectivity index (χ1) is 14.5. The van der Waals surface area contributed by atoms with Crippen LogP contribution in [0.3, 0.4) is 0 Å². The molecule has 0 spiro atoms. The second kappa shape index (κ2) is 8.98. The molecule has 1 amide bonds. The van der Waals surface area contributed by atoms with Crippen molar-refractivity contribution in [3.05, 3.63) is 64.4 Å². The Hall–Kier alpha value is -2.70. The summed E-state index contributed by atoms with van der Waals surface area (Å²) in [5.41, 5.74) is 3.81. The maximum absolute atomic E-state index is 12.7. The molecule has 4 rings (SSSR count). The highest BCUT2D eigenvalue weighted by Crippen LogP contribution is 2.24. The highest BCUT2D eigenvalue weighted by Gasteiger charge is 2.27. The molecule has 2 aromatic carbocycles. The molecule has 2 heterocycles. The number of hydrogen-bond acceptors (Lipinski definition) is 5. The standard InChI is InChI=1S/C23H25ClN4O2/c1-15-5-8-17(9-6-15)23-26-21(27-30-23)14-28-11-3-4-18(13-28)22(29)25-19-10-7-16(2)20(24)12-19/h5-10,12,18H,3-4,11,13-14H2,1-2H3,(H,25,29). The first kappa shape index (κ1) is 20.6. The average Bonchev–Trinajstić information content (AvgIpc) is 3.20. The number of benzene rings is 2. The van der Waals surface area contributed by atoms with E-state index in [1.54, 1.807) is 6.07 Å². The minimum Gasteiger partial charge on any atom is -0.334 e. The van der Waals surface area contributed by atoms with E-state index in [4.69, 9.17) is 16.1 Å². The first-order valence-electron chi connectivity index (χ1n) is 10.2. The number of aryl methyl sites for hydroxylation is 2. The Labute approximate surface area is 181 Å². The summed E-state index contributed by atoms with van der Waals surface area (Å²) in [4.78, 5) is 19.5. The van der Waals surface area contributed by atoms with Gasteiger partial charge in [-0.25, -0.2) is 0 Å². The van der Waals surface area contributed by atoms with Crippen LogP contribution in [0.2, 0.25) is 5.02 Å². The highest BCUT2D eigenvalue weighted by molar-refractivity contribution is 6.31. The van der Waals surface area contributed by atoms with Gasteiger partial charge in [-0.2, -0.15) is 4.98 Å². The summed E-state index contributed by atoms with van der Waals surface area (Å²) in [7, 11) is 0. The molecule has 0 saturated carbocycles. The van der Waals surface area contributed by atoms with Gasteiger partial charge >= 0.3 is 0 Å². The second-order valence-electron chi connectivity index (χ2n) is 7.91. The lowest BCUT2D eigenvalue weighted by Gasteiger charge is -2.31. The van der Waals surface area contributed by atoms with Crippen LogP contribution in [0, 0.1) is 19.8 Å². The molecule has 7 heteroatoms. The van der Waals surface area contributed by atoms with E-state index in [9.17, 15) is 4.79 Å². The van der Waals surface area contributed by atoms with E-state index in [1.165, 1.54) is 5.56 Å². The summed E-state index contributed by atoms with van der Waals surface area (Å²) in [6.45, 7) is 6.12. The zero-order valence-electron chi connectivity index (χ0n) is 17.2.